The van der Waals surface area contributed by atoms with E-state index in [2.05, 4.69) is 54.1 Å². The fourth-order valence-corrected chi connectivity index (χ4v) is 4.43. The van der Waals surface area contributed by atoms with E-state index < -0.39 is 0 Å². The van der Waals surface area contributed by atoms with Crippen LogP contribution in [0.2, 0.25) is 5.02 Å². The highest BCUT2D eigenvalue weighted by Gasteiger charge is 2.18. The van der Waals surface area contributed by atoms with Crippen LogP contribution >= 0.6 is 23.4 Å². The predicted molar refractivity (Wildman–Crippen MR) is 129 cm³/mol. The number of nitrogens with zero attached hydrogens (tertiary/aromatic N) is 2. The van der Waals surface area contributed by atoms with Crippen molar-refractivity contribution < 1.29 is 4.79 Å². The monoisotopic (exact) mass is 447 g/mol. The van der Waals surface area contributed by atoms with E-state index in [0.29, 0.717) is 10.7 Å². The molecule has 0 saturated heterocycles. The van der Waals surface area contributed by atoms with Crippen molar-refractivity contribution in [3.63, 3.8) is 0 Å². The average Bonchev–Trinajstić information content (AvgIpc) is 3.10. The number of rotatable bonds is 6. The summed E-state index contributed by atoms with van der Waals surface area (Å²) in [4.78, 5) is 17.5. The average molecular weight is 448 g/mol. The Morgan fingerprint density at radius 3 is 2.48 bits per heavy atom. The van der Waals surface area contributed by atoms with Gasteiger partial charge in [-0.15, -0.1) is 0 Å². The molecule has 4 nitrogen and oxygen atoms in total. The molecule has 156 valence electrons. The summed E-state index contributed by atoms with van der Waals surface area (Å²) < 4.78 is 2.11. The van der Waals surface area contributed by atoms with Gasteiger partial charge in [-0.2, -0.15) is 0 Å². The zero-order valence-electron chi connectivity index (χ0n) is 17.3. The number of nitrogens with one attached hydrogen (secondary N) is 1. The molecule has 1 N–H and O–H groups in total. The summed E-state index contributed by atoms with van der Waals surface area (Å²) in [6.07, 6.45) is 0. The number of amides is 1. The van der Waals surface area contributed by atoms with Crippen LogP contribution in [0.25, 0.3) is 16.9 Å². The lowest BCUT2D eigenvalue weighted by molar-refractivity contribution is -0.113. The second-order valence-corrected chi connectivity index (χ2v) is 8.54. The lowest BCUT2D eigenvalue weighted by atomic mass is 10.1. The van der Waals surface area contributed by atoms with Crippen molar-refractivity contribution in [2.45, 2.75) is 19.0 Å². The van der Waals surface area contributed by atoms with E-state index in [0.717, 1.165) is 27.8 Å². The Hall–Kier alpha value is -3.02. The Morgan fingerprint density at radius 1 is 1.00 bits per heavy atom. The number of carbonyl (C=O) groups is 1. The minimum atomic E-state index is -0.129. The minimum absolute atomic E-state index is 0.129. The molecule has 3 aromatic carbocycles. The first-order chi connectivity index (χ1) is 15.0. The van der Waals surface area contributed by atoms with Crippen LogP contribution in [0.4, 0.5) is 5.69 Å². The molecule has 0 atom stereocenters. The third kappa shape index (κ3) is 4.84. The maximum absolute atomic E-state index is 12.6. The lowest BCUT2D eigenvalue weighted by Crippen LogP contribution is -2.14. The summed E-state index contributed by atoms with van der Waals surface area (Å²) in [6.45, 7) is 4.13. The molecule has 1 aromatic heterocycles. The van der Waals surface area contributed by atoms with Crippen LogP contribution in [-0.4, -0.2) is 21.2 Å². The number of anilines is 1. The molecule has 0 spiro atoms. The van der Waals surface area contributed by atoms with Gasteiger partial charge in [-0.1, -0.05) is 78.0 Å². The zero-order valence-corrected chi connectivity index (χ0v) is 18.9. The first-order valence-electron chi connectivity index (χ1n) is 9.92. The largest absolute Gasteiger partial charge is 0.324 e. The lowest BCUT2D eigenvalue weighted by Gasteiger charge is -2.11. The third-order valence-electron chi connectivity index (χ3n) is 4.86. The minimum Gasteiger partial charge on any atom is -0.324 e. The number of para-hydroxylation sites is 1. The molecule has 0 fully saturated rings. The summed E-state index contributed by atoms with van der Waals surface area (Å²) in [5.74, 6) is 0.0950. The molecule has 31 heavy (non-hydrogen) atoms. The summed E-state index contributed by atoms with van der Waals surface area (Å²) >= 11 is 7.57. The number of hydrogen-bond donors (Lipinski definition) is 1. The maximum atomic E-state index is 12.6. The van der Waals surface area contributed by atoms with Crippen molar-refractivity contribution in [1.29, 1.82) is 0 Å². The van der Waals surface area contributed by atoms with Gasteiger partial charge in [0.05, 0.1) is 22.2 Å². The molecular weight excluding hydrogens is 426 g/mol. The van der Waals surface area contributed by atoms with E-state index in [-0.39, 0.29) is 11.7 Å². The normalized spacial score (nSPS) is 10.8. The summed E-state index contributed by atoms with van der Waals surface area (Å²) in [5, 5.41) is 4.17. The fourth-order valence-electron chi connectivity index (χ4n) is 3.39. The molecule has 0 radical (unpaired) electrons. The van der Waals surface area contributed by atoms with Gasteiger partial charge in [0.15, 0.2) is 5.16 Å². The number of imidazole rings is 1. The molecule has 4 aromatic rings. The molecule has 0 unspecified atom stereocenters. The number of hydrogen-bond acceptors (Lipinski definition) is 3. The molecule has 6 heteroatoms. The van der Waals surface area contributed by atoms with Crippen molar-refractivity contribution in [2.24, 2.45) is 0 Å². The Labute approximate surface area is 191 Å². The molecule has 0 bridgehead atoms. The predicted octanol–water partition coefficient (Wildman–Crippen LogP) is 6.54. The Kier molecular flexibility index (Phi) is 6.44. The van der Waals surface area contributed by atoms with Gasteiger partial charge in [0.2, 0.25) is 5.91 Å². The molecule has 0 aliphatic heterocycles. The fraction of sp³-hybridized carbons (Fsp3) is 0.120. The Balaban J connectivity index is 1.64. The van der Waals surface area contributed by atoms with Gasteiger partial charge in [-0.25, -0.2) is 4.98 Å². The second kappa shape index (κ2) is 9.41. The number of benzene rings is 3. The first-order valence-corrected chi connectivity index (χ1v) is 11.3. The van der Waals surface area contributed by atoms with Gasteiger partial charge < -0.3 is 5.32 Å². The molecular formula is C25H22ClN3OS. The van der Waals surface area contributed by atoms with Crippen LogP contribution in [0.1, 0.15) is 11.3 Å². The van der Waals surface area contributed by atoms with Gasteiger partial charge in [0, 0.05) is 16.9 Å². The van der Waals surface area contributed by atoms with Gasteiger partial charge in [0.25, 0.3) is 0 Å². The number of aromatic nitrogens is 2. The highest BCUT2D eigenvalue weighted by atomic mass is 35.5. The quantitative estimate of drug-likeness (QED) is 0.341. The SMILES string of the molecule is Cc1cccc(-n2c(SCC(=O)Nc3ccccc3Cl)nc(-c3ccccc3)c2C)c1. The van der Waals surface area contributed by atoms with Gasteiger partial charge >= 0.3 is 0 Å². The standard InChI is InChI=1S/C25H22ClN3OS/c1-17-9-8-12-20(15-17)29-18(2)24(19-10-4-3-5-11-19)28-25(29)31-16-23(30)27-22-14-7-6-13-21(22)26/h3-15H,16H2,1-2H3,(H,27,30). The Morgan fingerprint density at radius 2 is 1.74 bits per heavy atom. The van der Waals surface area contributed by atoms with E-state index >= 15 is 0 Å². The van der Waals surface area contributed by atoms with E-state index in [4.69, 9.17) is 16.6 Å². The molecule has 0 aliphatic carbocycles. The van der Waals surface area contributed by atoms with E-state index in [9.17, 15) is 4.79 Å². The van der Waals surface area contributed by atoms with Crippen LogP contribution < -0.4 is 5.32 Å². The van der Waals surface area contributed by atoms with Crippen molar-refractivity contribution in [1.82, 2.24) is 9.55 Å². The van der Waals surface area contributed by atoms with Gasteiger partial charge in [-0.05, 0) is 43.7 Å². The molecule has 0 saturated carbocycles. The third-order valence-corrected chi connectivity index (χ3v) is 6.13. The van der Waals surface area contributed by atoms with Gasteiger partial charge in [-0.3, -0.25) is 9.36 Å². The highest BCUT2D eigenvalue weighted by molar-refractivity contribution is 7.99. The molecule has 4 rings (SSSR count). The summed E-state index contributed by atoms with van der Waals surface area (Å²) in [5.41, 5.74) is 5.80. The van der Waals surface area contributed by atoms with E-state index in [1.807, 2.05) is 36.4 Å². The van der Waals surface area contributed by atoms with Crippen LogP contribution in [0, 0.1) is 13.8 Å². The van der Waals surface area contributed by atoms with Crippen molar-refractivity contribution in [3.8, 4) is 16.9 Å². The topological polar surface area (TPSA) is 46.9 Å². The van der Waals surface area contributed by atoms with Crippen LogP contribution in [0.5, 0.6) is 0 Å². The van der Waals surface area contributed by atoms with Crippen LogP contribution in [0.3, 0.4) is 0 Å². The van der Waals surface area contributed by atoms with Crippen LogP contribution in [0.15, 0.2) is 84.0 Å². The number of carbonyl (C=O) groups excluding carboxylic acids is 1. The molecule has 1 amide bonds. The number of aryl methyl sites for hydroxylation is 1. The van der Waals surface area contributed by atoms with E-state index in [1.54, 1.807) is 12.1 Å². The highest BCUT2D eigenvalue weighted by Crippen LogP contribution is 2.31. The smallest absolute Gasteiger partial charge is 0.234 e. The summed E-state index contributed by atoms with van der Waals surface area (Å²) in [6, 6.07) is 25.6. The molecule has 0 aliphatic rings. The van der Waals surface area contributed by atoms with Gasteiger partial charge in [0.1, 0.15) is 0 Å². The second-order valence-electron chi connectivity index (χ2n) is 7.19. The van der Waals surface area contributed by atoms with Crippen LogP contribution in [-0.2, 0) is 4.79 Å². The zero-order chi connectivity index (χ0) is 21.8. The van der Waals surface area contributed by atoms with E-state index in [1.165, 1.54) is 17.3 Å². The Bertz CT molecular complexity index is 1220. The van der Waals surface area contributed by atoms with Crippen molar-refractivity contribution >= 4 is 35.0 Å². The first kappa shape index (κ1) is 21.2. The number of thioether (sulfide) groups is 1. The van der Waals surface area contributed by atoms with Crippen molar-refractivity contribution in [3.05, 3.63) is 95.1 Å². The maximum Gasteiger partial charge on any atom is 0.234 e. The van der Waals surface area contributed by atoms with Crippen molar-refractivity contribution in [2.75, 3.05) is 11.1 Å². The summed E-state index contributed by atoms with van der Waals surface area (Å²) in [7, 11) is 0. The molecule has 1 heterocycles. The number of halogens is 1.